The Balaban J connectivity index is 1.17. The van der Waals surface area contributed by atoms with E-state index in [4.69, 9.17) is 26.3 Å². The molecule has 50 heavy (non-hydrogen) atoms. The van der Waals surface area contributed by atoms with Crippen LogP contribution in [0.5, 0.6) is 5.75 Å². The molecule has 0 spiro atoms. The third-order valence-corrected chi connectivity index (χ3v) is 10.3. The van der Waals surface area contributed by atoms with Crippen LogP contribution in [0.15, 0.2) is 91.0 Å². The molecule has 4 aromatic carbocycles. The molecular formula is C41H37ClN4O4. The van der Waals surface area contributed by atoms with Crippen LogP contribution >= 0.6 is 11.6 Å². The zero-order chi connectivity index (χ0) is 34.2. The van der Waals surface area contributed by atoms with Crippen molar-refractivity contribution in [2.75, 3.05) is 19.7 Å². The van der Waals surface area contributed by atoms with E-state index < -0.39 is 5.97 Å². The molecule has 1 aliphatic heterocycles. The second-order valence-electron chi connectivity index (χ2n) is 13.3. The molecule has 1 saturated carbocycles. The third kappa shape index (κ3) is 6.31. The molecule has 6 aromatic rings. The minimum Gasteiger partial charge on any atom is -0.484 e. The molecular weight excluding hydrogens is 648 g/mol. The van der Waals surface area contributed by atoms with Crippen LogP contribution in [0.25, 0.3) is 55.7 Å². The minimum atomic E-state index is -0.958. The number of aromatic nitrogens is 3. The molecule has 1 amide bonds. The zero-order valence-corrected chi connectivity index (χ0v) is 28.4. The molecule has 1 N–H and O–H groups in total. The topological polar surface area (TPSA) is 97.5 Å². The Labute approximate surface area is 295 Å². The maximum atomic E-state index is 12.7. The number of carbonyl (C=O) groups excluding carboxylic acids is 1. The number of amides is 1. The van der Waals surface area contributed by atoms with E-state index in [0.717, 1.165) is 89.0 Å². The van der Waals surface area contributed by atoms with Crippen LogP contribution in [0, 0.1) is 0 Å². The summed E-state index contributed by atoms with van der Waals surface area (Å²) in [6.45, 7) is 1.57. The van der Waals surface area contributed by atoms with Gasteiger partial charge < -0.3 is 19.3 Å². The Kier molecular flexibility index (Phi) is 8.71. The fourth-order valence-corrected chi connectivity index (χ4v) is 7.59. The first-order valence-electron chi connectivity index (χ1n) is 17.4. The standard InChI is InChI=1S/C41H37ClN4O4/c42-30-13-8-26(9-14-30)33-16-15-32(50-25-39(47)45-20-4-5-21-45)24-34(33)36-18-10-27-22-28(11-17-35(27)43-36)40-44-37-23-29(41(48)49)12-19-38(37)46(40)31-6-2-1-3-7-31/h8-19,22-24,31H,1-7,20-21,25H2,(H,48,49). The van der Waals surface area contributed by atoms with Gasteiger partial charge in [-0.05, 0) is 104 Å². The van der Waals surface area contributed by atoms with Gasteiger partial charge in [-0.25, -0.2) is 14.8 Å². The van der Waals surface area contributed by atoms with E-state index >= 15 is 0 Å². The number of imidazole rings is 1. The van der Waals surface area contributed by atoms with Crippen LogP contribution in [0.2, 0.25) is 5.02 Å². The highest BCUT2D eigenvalue weighted by molar-refractivity contribution is 6.30. The Hall–Kier alpha value is -5.21. The zero-order valence-electron chi connectivity index (χ0n) is 27.6. The van der Waals surface area contributed by atoms with Crippen molar-refractivity contribution >= 4 is 45.4 Å². The van der Waals surface area contributed by atoms with E-state index in [2.05, 4.69) is 22.8 Å². The first-order valence-corrected chi connectivity index (χ1v) is 17.8. The predicted octanol–water partition coefficient (Wildman–Crippen LogP) is 9.44. The van der Waals surface area contributed by atoms with Gasteiger partial charge in [0.2, 0.25) is 0 Å². The van der Waals surface area contributed by atoms with Gasteiger partial charge in [0.05, 0.1) is 27.8 Å². The molecule has 1 saturated heterocycles. The maximum absolute atomic E-state index is 12.7. The molecule has 0 unspecified atom stereocenters. The number of nitrogens with zero attached hydrogens (tertiary/aromatic N) is 4. The maximum Gasteiger partial charge on any atom is 0.335 e. The number of carboxylic acids is 1. The number of pyridine rings is 1. The van der Waals surface area contributed by atoms with E-state index in [9.17, 15) is 14.7 Å². The number of aromatic carboxylic acids is 1. The molecule has 0 atom stereocenters. The predicted molar refractivity (Wildman–Crippen MR) is 197 cm³/mol. The fraction of sp³-hybridized carbons (Fsp3) is 0.268. The van der Waals surface area contributed by atoms with E-state index in [1.807, 2.05) is 65.6 Å². The number of benzene rings is 4. The van der Waals surface area contributed by atoms with Gasteiger partial charge >= 0.3 is 5.97 Å². The van der Waals surface area contributed by atoms with Crippen molar-refractivity contribution in [2.24, 2.45) is 0 Å². The summed E-state index contributed by atoms with van der Waals surface area (Å²) >= 11 is 6.23. The summed E-state index contributed by atoms with van der Waals surface area (Å²) in [5.74, 6) is 0.499. The minimum absolute atomic E-state index is 0.00307. The van der Waals surface area contributed by atoms with E-state index in [-0.39, 0.29) is 18.1 Å². The summed E-state index contributed by atoms with van der Waals surface area (Å²) in [7, 11) is 0. The van der Waals surface area contributed by atoms with Crippen molar-refractivity contribution in [1.82, 2.24) is 19.4 Å². The number of hydrogen-bond acceptors (Lipinski definition) is 5. The highest BCUT2D eigenvalue weighted by atomic mass is 35.5. The summed E-state index contributed by atoms with van der Waals surface area (Å²) in [5.41, 5.74) is 7.32. The number of fused-ring (bicyclic) bond motifs is 2. The Bertz CT molecular complexity index is 2230. The van der Waals surface area contributed by atoms with Crippen molar-refractivity contribution in [3.63, 3.8) is 0 Å². The molecule has 8 nitrogen and oxygen atoms in total. The van der Waals surface area contributed by atoms with Crippen molar-refractivity contribution < 1.29 is 19.4 Å². The average Bonchev–Trinajstić information content (AvgIpc) is 3.83. The number of carbonyl (C=O) groups is 2. The van der Waals surface area contributed by atoms with Crippen LogP contribution < -0.4 is 4.74 Å². The first-order chi connectivity index (χ1) is 24.4. The second kappa shape index (κ2) is 13.6. The van der Waals surface area contributed by atoms with Crippen molar-refractivity contribution in [2.45, 2.75) is 51.0 Å². The van der Waals surface area contributed by atoms with Crippen LogP contribution in [0.4, 0.5) is 0 Å². The molecule has 2 aliphatic rings. The van der Waals surface area contributed by atoms with Gasteiger partial charge in [-0.1, -0.05) is 55.1 Å². The molecule has 9 heteroatoms. The summed E-state index contributed by atoms with van der Waals surface area (Å²) in [4.78, 5) is 36.5. The normalized spacial score (nSPS) is 15.2. The number of hydrogen-bond donors (Lipinski definition) is 1. The lowest BCUT2D eigenvalue weighted by molar-refractivity contribution is -0.132. The summed E-state index contributed by atoms with van der Waals surface area (Å²) in [6.07, 6.45) is 7.79. The van der Waals surface area contributed by atoms with Crippen LogP contribution in [0.3, 0.4) is 0 Å². The van der Waals surface area contributed by atoms with Crippen molar-refractivity contribution in [3.05, 3.63) is 102 Å². The highest BCUT2D eigenvalue weighted by Gasteiger charge is 2.24. The smallest absolute Gasteiger partial charge is 0.335 e. The lowest BCUT2D eigenvalue weighted by Crippen LogP contribution is -2.32. The van der Waals surface area contributed by atoms with Crippen LogP contribution in [0.1, 0.15) is 61.3 Å². The number of halogens is 1. The molecule has 1 aliphatic carbocycles. The number of carboxylic acid groups (broad SMARTS) is 1. The van der Waals surface area contributed by atoms with Gasteiger partial charge in [0.1, 0.15) is 11.6 Å². The van der Waals surface area contributed by atoms with Crippen molar-refractivity contribution in [1.29, 1.82) is 0 Å². The van der Waals surface area contributed by atoms with Gasteiger partial charge in [0, 0.05) is 40.7 Å². The number of ether oxygens (including phenoxy) is 1. The Morgan fingerprint density at radius 1 is 0.760 bits per heavy atom. The molecule has 2 aromatic heterocycles. The van der Waals surface area contributed by atoms with Gasteiger partial charge in [-0.3, -0.25) is 4.79 Å². The molecule has 8 rings (SSSR count). The van der Waals surface area contributed by atoms with Gasteiger partial charge in [0.15, 0.2) is 6.61 Å². The summed E-state index contributed by atoms with van der Waals surface area (Å²) in [6, 6.07) is 29.4. The monoisotopic (exact) mass is 684 g/mol. The van der Waals surface area contributed by atoms with Gasteiger partial charge in [-0.2, -0.15) is 0 Å². The fourth-order valence-electron chi connectivity index (χ4n) is 7.47. The Morgan fingerprint density at radius 3 is 2.32 bits per heavy atom. The summed E-state index contributed by atoms with van der Waals surface area (Å²) < 4.78 is 8.35. The second-order valence-corrected chi connectivity index (χ2v) is 13.7. The van der Waals surface area contributed by atoms with E-state index in [0.29, 0.717) is 22.3 Å². The molecule has 0 bridgehead atoms. The SMILES string of the molecule is O=C(O)c1ccc2c(c1)nc(-c1ccc3nc(-c4cc(OCC(=O)N5CCCC5)ccc4-c4ccc(Cl)cc4)ccc3c1)n2C1CCCCC1. The van der Waals surface area contributed by atoms with Gasteiger partial charge in [0.25, 0.3) is 5.91 Å². The largest absolute Gasteiger partial charge is 0.484 e. The molecule has 0 radical (unpaired) electrons. The lowest BCUT2D eigenvalue weighted by atomic mass is 9.94. The van der Waals surface area contributed by atoms with E-state index in [1.165, 1.54) is 19.3 Å². The van der Waals surface area contributed by atoms with E-state index in [1.54, 1.807) is 12.1 Å². The first kappa shape index (κ1) is 32.0. The molecule has 252 valence electrons. The van der Waals surface area contributed by atoms with Crippen molar-refractivity contribution in [3.8, 4) is 39.5 Å². The average molecular weight is 685 g/mol. The van der Waals surface area contributed by atoms with Gasteiger partial charge in [-0.15, -0.1) is 0 Å². The quantitative estimate of drug-likeness (QED) is 0.172. The van der Waals surface area contributed by atoms with Crippen LogP contribution in [-0.4, -0.2) is 56.1 Å². The lowest BCUT2D eigenvalue weighted by Gasteiger charge is -2.25. The summed E-state index contributed by atoms with van der Waals surface area (Å²) in [5, 5.41) is 11.3. The number of likely N-dealkylation sites (tertiary alicyclic amines) is 1. The molecule has 2 fully saturated rings. The van der Waals surface area contributed by atoms with Crippen LogP contribution in [-0.2, 0) is 4.79 Å². The number of rotatable bonds is 8. The Morgan fingerprint density at radius 2 is 1.54 bits per heavy atom. The highest BCUT2D eigenvalue weighted by Crippen LogP contribution is 2.39. The molecule has 3 heterocycles. The third-order valence-electron chi connectivity index (χ3n) is 10.1.